The fourth-order valence-corrected chi connectivity index (χ4v) is 4.71. The number of benzene rings is 1. The number of nitrogens with one attached hydrogen (secondary N) is 2. The van der Waals surface area contributed by atoms with Gasteiger partial charge >= 0.3 is 6.03 Å². The summed E-state index contributed by atoms with van der Waals surface area (Å²) in [6.45, 7) is 0.159. The van der Waals surface area contributed by atoms with E-state index in [1.54, 1.807) is 0 Å². The average molecular weight is 414 g/mol. The first-order valence-corrected chi connectivity index (χ1v) is 9.81. The van der Waals surface area contributed by atoms with Crippen molar-refractivity contribution < 1.29 is 24.0 Å². The lowest BCUT2D eigenvalue weighted by atomic mass is 9.63. The minimum Gasteiger partial charge on any atom is -0.495 e. The molecule has 1 saturated carbocycles. The largest absolute Gasteiger partial charge is 0.495 e. The molecule has 10 heteroatoms. The third-order valence-electron chi connectivity index (χ3n) is 6.11. The molecule has 4 aliphatic rings. The Labute approximate surface area is 172 Å². The summed E-state index contributed by atoms with van der Waals surface area (Å²) in [6.07, 6.45) is 5.98. The van der Waals surface area contributed by atoms with Gasteiger partial charge in [0.05, 0.1) is 29.6 Å². The van der Waals surface area contributed by atoms with Gasteiger partial charge in [-0.25, -0.2) is 4.79 Å². The van der Waals surface area contributed by atoms with Gasteiger partial charge in [-0.2, -0.15) is 0 Å². The van der Waals surface area contributed by atoms with Crippen molar-refractivity contribution in [1.82, 2.24) is 10.2 Å². The fraction of sp³-hybridized carbons (Fsp3) is 0.450. The lowest BCUT2D eigenvalue weighted by Gasteiger charge is -2.38. The van der Waals surface area contributed by atoms with Gasteiger partial charge in [0.2, 0.25) is 11.8 Å². The van der Waals surface area contributed by atoms with Crippen molar-refractivity contribution in [2.75, 3.05) is 25.5 Å². The summed E-state index contributed by atoms with van der Waals surface area (Å²) in [5.74, 6) is -0.350. The van der Waals surface area contributed by atoms with Crippen LogP contribution in [-0.4, -0.2) is 47.9 Å². The van der Waals surface area contributed by atoms with Crippen molar-refractivity contribution in [3.05, 3.63) is 40.5 Å². The maximum atomic E-state index is 12.8. The maximum absolute atomic E-state index is 12.8. The Morgan fingerprint density at radius 1 is 1.20 bits per heavy atom. The van der Waals surface area contributed by atoms with E-state index in [1.165, 1.54) is 30.2 Å². The van der Waals surface area contributed by atoms with E-state index in [1.807, 2.05) is 0 Å². The van der Waals surface area contributed by atoms with Crippen molar-refractivity contribution in [2.24, 2.45) is 23.7 Å². The third kappa shape index (κ3) is 3.38. The van der Waals surface area contributed by atoms with Gasteiger partial charge in [-0.05, 0) is 30.7 Å². The van der Waals surface area contributed by atoms with Crippen LogP contribution >= 0.6 is 0 Å². The number of carbonyl (C=O) groups is 3. The van der Waals surface area contributed by atoms with Crippen LogP contribution in [0.3, 0.4) is 0 Å². The number of nitro groups is 1. The molecule has 10 nitrogen and oxygen atoms in total. The molecule has 0 unspecified atom stereocenters. The predicted molar refractivity (Wildman–Crippen MR) is 106 cm³/mol. The first-order chi connectivity index (χ1) is 14.4. The lowest BCUT2D eigenvalue weighted by molar-refractivity contribution is -0.384. The number of fused-ring (bicyclic) bond motifs is 1. The van der Waals surface area contributed by atoms with E-state index in [0.717, 1.165) is 12.8 Å². The maximum Gasteiger partial charge on any atom is 0.319 e. The van der Waals surface area contributed by atoms with Gasteiger partial charge in [-0.3, -0.25) is 24.6 Å². The number of hydrogen-bond acceptors (Lipinski definition) is 6. The Kier molecular flexibility index (Phi) is 5.15. The van der Waals surface area contributed by atoms with Crippen LogP contribution in [0.25, 0.3) is 0 Å². The number of nitro benzene ring substituents is 1. The second kappa shape index (κ2) is 7.77. The molecular formula is C20H22N4O6. The molecule has 2 fully saturated rings. The lowest BCUT2D eigenvalue weighted by Crippen LogP contribution is -2.40. The van der Waals surface area contributed by atoms with Crippen molar-refractivity contribution in [2.45, 2.75) is 12.8 Å². The van der Waals surface area contributed by atoms with Gasteiger partial charge in [0.15, 0.2) is 0 Å². The number of likely N-dealkylation sites (tertiary alicyclic amines) is 1. The molecule has 158 valence electrons. The first kappa shape index (κ1) is 19.9. The zero-order valence-corrected chi connectivity index (χ0v) is 16.4. The Bertz CT molecular complexity index is 913. The average Bonchev–Trinajstić information content (AvgIpc) is 3.01. The summed E-state index contributed by atoms with van der Waals surface area (Å²) in [6, 6.07) is 3.24. The molecule has 5 rings (SSSR count). The van der Waals surface area contributed by atoms with Crippen LogP contribution in [-0.2, 0) is 9.59 Å². The fourth-order valence-electron chi connectivity index (χ4n) is 4.71. The van der Waals surface area contributed by atoms with Gasteiger partial charge < -0.3 is 15.4 Å². The molecule has 1 aromatic carbocycles. The van der Waals surface area contributed by atoms with Gasteiger partial charge in [0.25, 0.3) is 5.69 Å². The summed E-state index contributed by atoms with van der Waals surface area (Å²) in [5.41, 5.74) is -0.0450. The topological polar surface area (TPSA) is 131 Å². The standard InChI is InChI=1S/C20H22N4O6/c1-30-15-7-6-13(24(28)29)10-14(15)22-20(27)21-8-9-23-18(25)16-11-2-3-12(5-4-11)17(16)19(23)26/h2-3,6-7,10-12,16-17H,4-5,8-9H2,1H3,(H2,21,22,27)/t11-,12-,16-,17-/m0/s1. The van der Waals surface area contributed by atoms with Crippen LogP contribution in [0.2, 0.25) is 0 Å². The first-order valence-electron chi connectivity index (χ1n) is 9.81. The van der Waals surface area contributed by atoms with Crippen molar-refractivity contribution >= 4 is 29.2 Å². The smallest absolute Gasteiger partial charge is 0.319 e. The Balaban J connectivity index is 1.35. The number of urea groups is 1. The van der Waals surface area contributed by atoms with E-state index in [-0.39, 0.29) is 65.7 Å². The van der Waals surface area contributed by atoms with Gasteiger partial charge in [0.1, 0.15) is 5.75 Å². The SMILES string of the molecule is COc1ccc([N+](=O)[O-])cc1NC(=O)NCCN1C(=O)[C@@H]2[C@@H](C1=O)[C@H]1C=C[C@H]2CC1. The molecule has 3 aliphatic carbocycles. The van der Waals surface area contributed by atoms with Gasteiger partial charge in [0, 0.05) is 25.2 Å². The Hall–Kier alpha value is -3.43. The van der Waals surface area contributed by atoms with Crippen LogP contribution in [0.1, 0.15) is 12.8 Å². The normalized spacial score (nSPS) is 26.5. The molecular weight excluding hydrogens is 392 g/mol. The minimum atomic E-state index is -0.618. The molecule has 2 N–H and O–H groups in total. The highest BCUT2D eigenvalue weighted by molar-refractivity contribution is 6.06. The van der Waals surface area contributed by atoms with Crippen molar-refractivity contribution in [3.63, 3.8) is 0 Å². The zero-order chi connectivity index (χ0) is 21.4. The Morgan fingerprint density at radius 2 is 1.83 bits per heavy atom. The third-order valence-corrected chi connectivity index (χ3v) is 6.11. The molecule has 0 spiro atoms. The molecule has 2 bridgehead atoms. The molecule has 4 atom stereocenters. The van der Waals surface area contributed by atoms with Gasteiger partial charge in [-0.1, -0.05) is 12.2 Å². The predicted octanol–water partition coefficient (Wildman–Crippen LogP) is 1.92. The molecule has 0 aromatic heterocycles. The summed E-state index contributed by atoms with van der Waals surface area (Å²) in [4.78, 5) is 49.3. The number of hydrogen-bond donors (Lipinski definition) is 2. The number of amides is 4. The number of non-ortho nitro benzene ring substituents is 1. The van der Waals surface area contributed by atoms with Crippen molar-refractivity contribution in [3.8, 4) is 5.75 Å². The van der Waals surface area contributed by atoms with Crippen LogP contribution in [0, 0.1) is 33.8 Å². The van der Waals surface area contributed by atoms with Crippen LogP contribution in [0.4, 0.5) is 16.2 Å². The number of ether oxygens (including phenoxy) is 1. The quantitative estimate of drug-likeness (QED) is 0.316. The molecule has 30 heavy (non-hydrogen) atoms. The van der Waals surface area contributed by atoms with Crippen LogP contribution in [0.5, 0.6) is 5.75 Å². The monoisotopic (exact) mass is 414 g/mol. The number of nitrogens with zero attached hydrogens (tertiary/aromatic N) is 2. The van der Waals surface area contributed by atoms with E-state index >= 15 is 0 Å². The number of imide groups is 1. The highest BCUT2D eigenvalue weighted by Crippen LogP contribution is 2.49. The number of methoxy groups -OCH3 is 1. The number of rotatable bonds is 6. The molecule has 1 saturated heterocycles. The van der Waals surface area contributed by atoms with E-state index in [9.17, 15) is 24.5 Å². The summed E-state index contributed by atoms with van der Waals surface area (Å²) in [5, 5.41) is 16.0. The van der Waals surface area contributed by atoms with Crippen LogP contribution < -0.4 is 15.4 Å². The molecule has 1 aliphatic heterocycles. The molecule has 0 radical (unpaired) electrons. The van der Waals surface area contributed by atoms with Crippen LogP contribution in [0.15, 0.2) is 30.4 Å². The second-order valence-corrected chi connectivity index (χ2v) is 7.69. The van der Waals surface area contributed by atoms with E-state index in [0.29, 0.717) is 0 Å². The van der Waals surface area contributed by atoms with Gasteiger partial charge in [-0.15, -0.1) is 0 Å². The molecule has 4 amide bonds. The number of carbonyl (C=O) groups excluding carboxylic acids is 3. The minimum absolute atomic E-state index is 0.0722. The van der Waals surface area contributed by atoms with E-state index < -0.39 is 11.0 Å². The summed E-state index contributed by atoms with van der Waals surface area (Å²) in [7, 11) is 1.39. The highest BCUT2D eigenvalue weighted by atomic mass is 16.6. The van der Waals surface area contributed by atoms with E-state index in [4.69, 9.17) is 4.74 Å². The Morgan fingerprint density at radius 3 is 2.37 bits per heavy atom. The molecule has 1 aromatic rings. The van der Waals surface area contributed by atoms with E-state index in [2.05, 4.69) is 22.8 Å². The summed E-state index contributed by atoms with van der Waals surface area (Å²) >= 11 is 0. The molecule has 1 heterocycles. The highest BCUT2D eigenvalue weighted by Gasteiger charge is 2.56. The summed E-state index contributed by atoms with van der Waals surface area (Å²) < 4.78 is 5.11. The zero-order valence-electron chi connectivity index (χ0n) is 16.4. The number of anilines is 1. The second-order valence-electron chi connectivity index (χ2n) is 7.69. The van der Waals surface area contributed by atoms with Crippen molar-refractivity contribution in [1.29, 1.82) is 0 Å². The number of allylic oxidation sites excluding steroid dienone is 2.